The molecule has 1 fully saturated rings. The van der Waals surface area contributed by atoms with E-state index >= 15 is 0 Å². The van der Waals surface area contributed by atoms with Gasteiger partial charge in [0.15, 0.2) is 0 Å². The van der Waals surface area contributed by atoms with Gasteiger partial charge in [-0.05, 0) is 48.9 Å². The Morgan fingerprint density at radius 3 is 2.30 bits per heavy atom. The number of benzene rings is 2. The molecule has 5 amide bonds. The number of carbonyl (C=O) groups is 5. The van der Waals surface area contributed by atoms with Crippen molar-refractivity contribution < 1.29 is 28.7 Å². The van der Waals surface area contributed by atoms with Crippen molar-refractivity contribution in [2.24, 2.45) is 5.92 Å². The lowest BCUT2D eigenvalue weighted by molar-refractivity contribution is -0.134. The average molecular weight is 592 g/mol. The van der Waals surface area contributed by atoms with E-state index in [1.54, 1.807) is 24.3 Å². The number of ether oxygens (including phenoxy) is 1. The topological polar surface area (TPSA) is 155 Å². The Balaban J connectivity index is 1.57. The number of amides is 5. The molecule has 2 bridgehead atoms. The van der Waals surface area contributed by atoms with Crippen molar-refractivity contribution >= 4 is 29.5 Å². The quantitative estimate of drug-likeness (QED) is 0.329. The first-order valence-electron chi connectivity index (χ1n) is 14.8. The third-order valence-corrected chi connectivity index (χ3v) is 7.48. The molecule has 2 heterocycles. The summed E-state index contributed by atoms with van der Waals surface area (Å²) in [5.74, 6) is -1.46. The molecule has 0 aromatic heterocycles. The summed E-state index contributed by atoms with van der Waals surface area (Å²) in [6.07, 6.45) is 1.60. The highest BCUT2D eigenvalue weighted by Gasteiger charge is 2.51. The van der Waals surface area contributed by atoms with E-state index < -0.39 is 41.4 Å². The van der Waals surface area contributed by atoms with Gasteiger partial charge in [0.05, 0.1) is 6.54 Å². The fourth-order valence-corrected chi connectivity index (χ4v) is 4.89. The van der Waals surface area contributed by atoms with Crippen LogP contribution in [-0.4, -0.2) is 66.4 Å². The van der Waals surface area contributed by atoms with Crippen molar-refractivity contribution in [2.75, 3.05) is 13.2 Å². The highest BCUT2D eigenvalue weighted by molar-refractivity contribution is 5.98. The van der Waals surface area contributed by atoms with E-state index in [9.17, 15) is 24.0 Å². The molecule has 0 unspecified atom stereocenters. The molecule has 3 atom stereocenters. The summed E-state index contributed by atoms with van der Waals surface area (Å²) in [5, 5.41) is 14.0. The third-order valence-electron chi connectivity index (χ3n) is 7.48. The molecule has 11 nitrogen and oxygen atoms in total. The zero-order valence-corrected chi connectivity index (χ0v) is 24.9. The molecule has 2 aromatic carbocycles. The van der Waals surface area contributed by atoms with Crippen LogP contribution in [-0.2, 0) is 36.8 Å². The van der Waals surface area contributed by atoms with Gasteiger partial charge in [-0.2, -0.15) is 0 Å². The maximum Gasteiger partial charge on any atom is 0.245 e. The first-order chi connectivity index (χ1) is 20.5. The average Bonchev–Trinajstić information content (AvgIpc) is 3.75. The minimum absolute atomic E-state index is 0.101. The van der Waals surface area contributed by atoms with Crippen LogP contribution < -0.4 is 31.3 Å². The number of fused-ring (bicyclic) bond motifs is 15. The first kappa shape index (κ1) is 31.5. The molecule has 1 spiro atoms. The lowest BCUT2D eigenvalue weighted by atomic mass is 10.0. The van der Waals surface area contributed by atoms with Crippen LogP contribution in [0.5, 0.6) is 5.75 Å². The van der Waals surface area contributed by atoms with Crippen LogP contribution in [0.25, 0.3) is 0 Å². The Labute approximate surface area is 251 Å². The van der Waals surface area contributed by atoms with Gasteiger partial charge in [0.2, 0.25) is 29.5 Å². The molecule has 1 saturated carbocycles. The van der Waals surface area contributed by atoms with Crippen molar-refractivity contribution in [3.05, 3.63) is 65.7 Å². The monoisotopic (exact) mass is 591 g/mol. The summed E-state index contributed by atoms with van der Waals surface area (Å²) in [6, 6.07) is 13.4. The lowest BCUT2D eigenvalue weighted by Gasteiger charge is -2.25. The summed E-state index contributed by atoms with van der Waals surface area (Å²) in [5.41, 5.74) is 0.562. The van der Waals surface area contributed by atoms with Crippen molar-refractivity contribution in [1.82, 2.24) is 26.6 Å². The van der Waals surface area contributed by atoms with Crippen LogP contribution in [0.15, 0.2) is 54.6 Å². The van der Waals surface area contributed by atoms with Gasteiger partial charge in [-0.3, -0.25) is 24.0 Å². The Morgan fingerprint density at radius 1 is 0.953 bits per heavy atom. The standard InChI is InChI=1S/C32H41N5O6/c1-20(2)17-27(38)35-25-19-23-9-11-24(12-10-23)43-16-15-33-31(42)32(13-14-32)37-30(41)26(18-22-7-5-4-6-8-22)36-28(39)21(3)34-29(25)40/h4-12,20-21,25-26H,13-19H2,1-3H3,(H,33,42)(H,34,40)(H,35,38)(H,36,39)(H,37,41)/t21-,25-,26+/m0/s1. The SMILES string of the molecule is CC(C)CC(=O)N[C@H]1Cc2ccc(cc2)OCCNC(=O)C2(CC2)NC(=O)[C@@H](Cc2ccccc2)NC(=O)[C@H](C)NC1=O. The van der Waals surface area contributed by atoms with E-state index in [-0.39, 0.29) is 50.1 Å². The Hall–Kier alpha value is -4.41. The predicted octanol–water partition coefficient (Wildman–Crippen LogP) is 1.15. The maximum absolute atomic E-state index is 13.5. The van der Waals surface area contributed by atoms with Crippen molar-refractivity contribution in [2.45, 2.75) is 76.5 Å². The molecule has 3 aliphatic rings. The fraction of sp³-hybridized carbons (Fsp3) is 0.469. The van der Waals surface area contributed by atoms with E-state index in [1.807, 2.05) is 44.2 Å². The summed E-state index contributed by atoms with van der Waals surface area (Å²) in [4.78, 5) is 65.8. The van der Waals surface area contributed by atoms with Crippen molar-refractivity contribution in [3.63, 3.8) is 0 Å². The molecule has 1 aliphatic carbocycles. The number of rotatable bonds is 5. The molecule has 0 radical (unpaired) electrons. The summed E-state index contributed by atoms with van der Waals surface area (Å²) in [6.45, 7) is 5.81. The Morgan fingerprint density at radius 2 is 1.65 bits per heavy atom. The smallest absolute Gasteiger partial charge is 0.245 e. The summed E-state index contributed by atoms with van der Waals surface area (Å²) >= 11 is 0. The van der Waals surface area contributed by atoms with Gasteiger partial charge in [-0.1, -0.05) is 56.3 Å². The Kier molecular flexibility index (Phi) is 10.4. The Bertz CT molecular complexity index is 1310. The van der Waals surface area contributed by atoms with Crippen LogP contribution in [0, 0.1) is 5.92 Å². The fourth-order valence-electron chi connectivity index (χ4n) is 4.89. The van der Waals surface area contributed by atoms with Crippen LogP contribution >= 0.6 is 0 Å². The van der Waals surface area contributed by atoms with Gasteiger partial charge < -0.3 is 31.3 Å². The van der Waals surface area contributed by atoms with Crippen LogP contribution in [0.3, 0.4) is 0 Å². The minimum Gasteiger partial charge on any atom is -0.492 e. The lowest BCUT2D eigenvalue weighted by Crippen LogP contribution is -2.59. The highest BCUT2D eigenvalue weighted by Crippen LogP contribution is 2.35. The third kappa shape index (κ3) is 9.04. The number of carbonyl (C=O) groups excluding carboxylic acids is 5. The van der Waals surface area contributed by atoms with Crippen LogP contribution in [0.2, 0.25) is 0 Å². The first-order valence-corrected chi connectivity index (χ1v) is 14.8. The van der Waals surface area contributed by atoms with Crippen molar-refractivity contribution in [3.8, 4) is 5.75 Å². The molecular formula is C32H41N5O6. The normalized spacial score (nSPS) is 22.9. The minimum atomic E-state index is -1.04. The second kappa shape index (κ2) is 14.2. The summed E-state index contributed by atoms with van der Waals surface area (Å²) < 4.78 is 5.77. The molecule has 0 saturated heterocycles. The van der Waals surface area contributed by atoms with Gasteiger partial charge >= 0.3 is 0 Å². The highest BCUT2D eigenvalue weighted by atomic mass is 16.5. The van der Waals surface area contributed by atoms with Gasteiger partial charge in [-0.15, -0.1) is 0 Å². The van der Waals surface area contributed by atoms with E-state index in [2.05, 4.69) is 26.6 Å². The number of hydrogen-bond donors (Lipinski definition) is 5. The van der Waals surface area contributed by atoms with Gasteiger partial charge in [0.25, 0.3) is 0 Å². The van der Waals surface area contributed by atoms with Gasteiger partial charge in [0, 0.05) is 19.3 Å². The van der Waals surface area contributed by atoms with E-state index in [4.69, 9.17) is 4.74 Å². The van der Waals surface area contributed by atoms with Crippen LogP contribution in [0.1, 0.15) is 51.2 Å². The summed E-state index contributed by atoms with van der Waals surface area (Å²) in [7, 11) is 0. The predicted molar refractivity (Wildman–Crippen MR) is 160 cm³/mol. The molecule has 5 N–H and O–H groups in total. The number of nitrogens with one attached hydrogen (secondary N) is 5. The zero-order valence-electron chi connectivity index (χ0n) is 24.9. The maximum atomic E-state index is 13.5. The van der Waals surface area contributed by atoms with E-state index in [0.717, 1.165) is 11.1 Å². The second-order valence-corrected chi connectivity index (χ2v) is 11.7. The number of hydrogen-bond acceptors (Lipinski definition) is 6. The molecule has 2 aliphatic heterocycles. The molecule has 230 valence electrons. The van der Waals surface area contributed by atoms with E-state index in [1.165, 1.54) is 6.92 Å². The largest absolute Gasteiger partial charge is 0.492 e. The van der Waals surface area contributed by atoms with Gasteiger partial charge in [-0.25, -0.2) is 0 Å². The van der Waals surface area contributed by atoms with E-state index in [0.29, 0.717) is 18.6 Å². The zero-order chi connectivity index (χ0) is 31.0. The molecule has 5 rings (SSSR count). The van der Waals surface area contributed by atoms with Gasteiger partial charge in [0.1, 0.15) is 36.0 Å². The molecule has 43 heavy (non-hydrogen) atoms. The van der Waals surface area contributed by atoms with Crippen LogP contribution in [0.4, 0.5) is 0 Å². The molecule has 2 aromatic rings. The second-order valence-electron chi connectivity index (χ2n) is 11.7. The molecular weight excluding hydrogens is 550 g/mol. The van der Waals surface area contributed by atoms with Crippen molar-refractivity contribution in [1.29, 1.82) is 0 Å². The molecule has 11 heteroatoms.